The van der Waals surface area contributed by atoms with Crippen molar-refractivity contribution >= 4 is 34.7 Å². The molecule has 294 valence electrons. The number of hydrogen-bond donors (Lipinski definition) is 2. The number of imide groups is 1. The number of carbonyl (C=O) groups is 3. The van der Waals surface area contributed by atoms with E-state index >= 15 is 0 Å². The second-order valence-electron chi connectivity index (χ2n) is 16.9. The van der Waals surface area contributed by atoms with Crippen LogP contribution in [-0.2, 0) is 22.6 Å². The molecule has 4 aliphatic heterocycles. The van der Waals surface area contributed by atoms with E-state index in [0.717, 1.165) is 99.4 Å². The number of piperidine rings is 2. The van der Waals surface area contributed by atoms with Crippen LogP contribution in [0.4, 0.5) is 20.2 Å². The number of hydrogen-bond acceptors (Lipinski definition) is 7. The summed E-state index contributed by atoms with van der Waals surface area (Å²) in [5, 5.41) is 12.6. The molecule has 0 radical (unpaired) electrons. The highest BCUT2D eigenvalue weighted by molar-refractivity contribution is 6.05. The molecule has 4 fully saturated rings. The van der Waals surface area contributed by atoms with Crippen LogP contribution in [0.2, 0.25) is 0 Å². The molecule has 3 saturated heterocycles. The minimum absolute atomic E-state index is 0.0444. The third kappa shape index (κ3) is 7.30. The normalized spacial score (nSPS) is 23.7. The van der Waals surface area contributed by atoms with Gasteiger partial charge in [0, 0.05) is 88.6 Å². The molecule has 11 heteroatoms. The average molecular weight is 764 g/mol. The van der Waals surface area contributed by atoms with Crippen molar-refractivity contribution in [1.82, 2.24) is 15.1 Å². The molecule has 3 amide bonds. The van der Waals surface area contributed by atoms with Gasteiger partial charge in [-0.2, -0.15) is 0 Å². The Kier molecular flexibility index (Phi) is 9.84. The molecular formula is C45H51F2N5O4. The summed E-state index contributed by atoms with van der Waals surface area (Å²) in [5.74, 6) is -2.28. The molecule has 0 bridgehead atoms. The summed E-state index contributed by atoms with van der Waals surface area (Å²) in [6, 6.07) is 19.9. The van der Waals surface area contributed by atoms with Gasteiger partial charge in [-0.05, 0) is 127 Å². The van der Waals surface area contributed by atoms with Crippen molar-refractivity contribution in [2.24, 2.45) is 11.8 Å². The van der Waals surface area contributed by atoms with Crippen molar-refractivity contribution in [2.45, 2.75) is 82.7 Å². The number of benzene rings is 3. The number of aryl methyl sites for hydroxylation is 1. The quantitative estimate of drug-likeness (QED) is 0.257. The van der Waals surface area contributed by atoms with E-state index in [1.54, 1.807) is 11.0 Å². The second kappa shape index (κ2) is 15.0. The van der Waals surface area contributed by atoms with Crippen molar-refractivity contribution in [1.29, 1.82) is 0 Å². The Morgan fingerprint density at radius 3 is 2.14 bits per heavy atom. The van der Waals surface area contributed by atoms with Crippen molar-refractivity contribution in [3.05, 3.63) is 94.1 Å². The number of nitrogens with zero attached hydrogens (tertiary/aromatic N) is 4. The molecule has 9 nitrogen and oxygen atoms in total. The molecule has 2 aliphatic carbocycles. The summed E-state index contributed by atoms with van der Waals surface area (Å²) in [4.78, 5) is 46.3. The lowest BCUT2D eigenvalue weighted by atomic mass is 9.72. The highest BCUT2D eigenvalue weighted by Crippen LogP contribution is 2.47. The van der Waals surface area contributed by atoms with E-state index in [0.29, 0.717) is 37.3 Å². The lowest BCUT2D eigenvalue weighted by Crippen LogP contribution is -2.52. The molecule has 0 unspecified atom stereocenters. The molecule has 3 aromatic carbocycles. The van der Waals surface area contributed by atoms with Crippen molar-refractivity contribution < 1.29 is 28.3 Å². The minimum atomic E-state index is -2.55. The monoisotopic (exact) mass is 763 g/mol. The first-order valence-electron chi connectivity index (χ1n) is 20.6. The van der Waals surface area contributed by atoms with E-state index in [1.165, 1.54) is 16.8 Å². The number of aromatic hydroxyl groups is 1. The molecule has 0 aromatic heterocycles. The van der Waals surface area contributed by atoms with Gasteiger partial charge in [-0.25, -0.2) is 8.78 Å². The largest absolute Gasteiger partial charge is 0.508 e. The summed E-state index contributed by atoms with van der Waals surface area (Å²) >= 11 is 0. The first kappa shape index (κ1) is 36.8. The SMILES string of the molecule is O=C1CC[C@@H](N2Cc3cc(N4CCN(CC5CCN(c6ccc(C7=C(C8CCC(F)(F)CC8)CCc8cc(O)ccc87)cc6)CC5)CC4)ccc3C2=O)C(=O)N1. The van der Waals surface area contributed by atoms with Crippen LogP contribution in [0, 0.1) is 11.8 Å². The Hall–Kier alpha value is -4.77. The number of carbonyl (C=O) groups excluding carboxylic acids is 3. The fourth-order valence-electron chi connectivity index (χ4n) is 10.3. The van der Waals surface area contributed by atoms with E-state index < -0.39 is 12.0 Å². The van der Waals surface area contributed by atoms with Crippen molar-refractivity contribution in [3.63, 3.8) is 0 Å². The number of piperazine rings is 1. The summed E-state index contributed by atoms with van der Waals surface area (Å²) < 4.78 is 28.2. The predicted molar refractivity (Wildman–Crippen MR) is 212 cm³/mol. The zero-order chi connectivity index (χ0) is 38.6. The second-order valence-corrected chi connectivity index (χ2v) is 16.9. The van der Waals surface area contributed by atoms with Gasteiger partial charge in [0.15, 0.2) is 0 Å². The molecule has 0 spiro atoms. The van der Waals surface area contributed by atoms with E-state index in [2.05, 4.69) is 50.3 Å². The highest BCUT2D eigenvalue weighted by Gasteiger charge is 2.40. The third-order valence-electron chi connectivity index (χ3n) is 13.4. The van der Waals surface area contributed by atoms with Crippen LogP contribution in [0.15, 0.2) is 66.2 Å². The maximum absolute atomic E-state index is 14.1. The van der Waals surface area contributed by atoms with Crippen LogP contribution in [-0.4, -0.2) is 90.4 Å². The standard InChI is InChI=1S/C45H51F2N5O4/c46-45(47)17-13-30(14-18-45)37-8-3-32-26-36(53)7-10-38(32)42(37)31-1-4-34(5-2-31)50-19-15-29(16-20-50)27-49-21-23-51(24-22-49)35-6-9-39-33(25-35)28-52(44(39)56)40-11-12-41(54)48-43(40)55/h1-2,4-7,9-10,25-26,29-30,40,53H,3,8,11-24,27-28H2,(H,48,54,55)/t40-/m1/s1. The van der Waals surface area contributed by atoms with Gasteiger partial charge < -0.3 is 19.8 Å². The number of phenolic OH excluding ortho intramolecular Hbond substituents is 1. The lowest BCUT2D eigenvalue weighted by molar-refractivity contribution is -0.136. The van der Waals surface area contributed by atoms with Gasteiger partial charge in [0.25, 0.3) is 5.91 Å². The number of amides is 3. The molecule has 9 rings (SSSR count). The van der Waals surface area contributed by atoms with Crippen LogP contribution in [0.3, 0.4) is 0 Å². The Balaban J connectivity index is 0.787. The van der Waals surface area contributed by atoms with Crippen LogP contribution in [0.1, 0.15) is 90.4 Å². The number of allylic oxidation sites excluding steroid dienone is 1. The summed E-state index contributed by atoms with van der Waals surface area (Å²) in [6.45, 7) is 7.34. The third-order valence-corrected chi connectivity index (χ3v) is 13.4. The number of alkyl halides is 2. The highest BCUT2D eigenvalue weighted by atomic mass is 19.3. The van der Waals surface area contributed by atoms with Crippen LogP contribution in [0.25, 0.3) is 5.57 Å². The van der Waals surface area contributed by atoms with Crippen molar-refractivity contribution in [3.8, 4) is 5.75 Å². The van der Waals surface area contributed by atoms with Crippen LogP contribution in [0.5, 0.6) is 5.75 Å². The molecule has 56 heavy (non-hydrogen) atoms. The average Bonchev–Trinajstić information content (AvgIpc) is 3.53. The minimum Gasteiger partial charge on any atom is -0.508 e. The Morgan fingerprint density at radius 2 is 1.41 bits per heavy atom. The Morgan fingerprint density at radius 1 is 0.714 bits per heavy atom. The number of fused-ring (bicyclic) bond motifs is 2. The molecule has 2 N–H and O–H groups in total. The topological polar surface area (TPSA) is 96.4 Å². The molecular weight excluding hydrogens is 713 g/mol. The number of rotatable bonds is 7. The fraction of sp³-hybridized carbons (Fsp3) is 0.489. The van der Waals surface area contributed by atoms with E-state index in [-0.39, 0.29) is 48.7 Å². The number of halogens is 2. The molecule has 6 aliphatic rings. The van der Waals surface area contributed by atoms with Crippen molar-refractivity contribution in [2.75, 3.05) is 55.6 Å². The van der Waals surface area contributed by atoms with Gasteiger partial charge in [0.05, 0.1) is 0 Å². The zero-order valence-electron chi connectivity index (χ0n) is 32.0. The number of nitrogens with one attached hydrogen (secondary N) is 1. The van der Waals surface area contributed by atoms with Gasteiger partial charge in [-0.1, -0.05) is 23.8 Å². The Bertz CT molecular complexity index is 2040. The van der Waals surface area contributed by atoms with Gasteiger partial charge >= 0.3 is 0 Å². The Labute approximate surface area is 327 Å². The maximum Gasteiger partial charge on any atom is 0.255 e. The zero-order valence-corrected chi connectivity index (χ0v) is 32.0. The van der Waals surface area contributed by atoms with E-state index in [4.69, 9.17) is 0 Å². The number of phenols is 1. The summed E-state index contributed by atoms with van der Waals surface area (Å²) in [6.07, 6.45) is 5.52. The van der Waals surface area contributed by atoms with E-state index in [1.807, 2.05) is 24.3 Å². The number of anilines is 2. The molecule has 4 heterocycles. The van der Waals surface area contributed by atoms with Gasteiger partial charge in [0.1, 0.15) is 11.8 Å². The molecule has 1 atom stereocenters. The maximum atomic E-state index is 14.1. The molecule has 3 aromatic rings. The smallest absolute Gasteiger partial charge is 0.255 e. The van der Waals surface area contributed by atoms with Gasteiger partial charge in [0.2, 0.25) is 17.7 Å². The van der Waals surface area contributed by atoms with Crippen LogP contribution >= 0.6 is 0 Å². The van der Waals surface area contributed by atoms with Gasteiger partial charge in [-0.3, -0.25) is 24.6 Å². The van der Waals surface area contributed by atoms with E-state index in [9.17, 15) is 28.3 Å². The lowest BCUT2D eigenvalue weighted by Gasteiger charge is -2.40. The first-order valence-corrected chi connectivity index (χ1v) is 20.6. The molecule has 1 saturated carbocycles. The predicted octanol–water partition coefficient (Wildman–Crippen LogP) is 6.77. The fourth-order valence-corrected chi connectivity index (χ4v) is 10.3. The van der Waals surface area contributed by atoms with Crippen LogP contribution < -0.4 is 15.1 Å². The summed E-state index contributed by atoms with van der Waals surface area (Å²) in [7, 11) is 0. The first-order chi connectivity index (χ1) is 27.1. The summed E-state index contributed by atoms with van der Waals surface area (Å²) in [5.41, 5.74) is 9.77. The van der Waals surface area contributed by atoms with Gasteiger partial charge in [-0.15, -0.1) is 0 Å².